The Morgan fingerprint density at radius 1 is 1.00 bits per heavy atom. The number of nitrogens with zero attached hydrogens (tertiary/aromatic N) is 2. The van der Waals surface area contributed by atoms with Gasteiger partial charge in [-0.25, -0.2) is 0 Å². The number of esters is 1. The minimum Gasteiger partial charge on any atom is -0.465 e. The predicted octanol–water partition coefficient (Wildman–Crippen LogP) is 3.32. The number of ether oxygens (including phenoxy) is 2. The van der Waals surface area contributed by atoms with Crippen LogP contribution in [-0.2, 0) is 30.3 Å². The van der Waals surface area contributed by atoms with Crippen molar-refractivity contribution >= 4 is 35.1 Å². The highest BCUT2D eigenvalue weighted by Gasteiger charge is 2.75. The lowest BCUT2D eigenvalue weighted by Crippen LogP contribution is -2.59. The molecule has 1 spiro atoms. The van der Waals surface area contributed by atoms with Gasteiger partial charge in [-0.1, -0.05) is 78.4 Å². The van der Waals surface area contributed by atoms with E-state index < -0.39 is 52.9 Å². The first-order valence-electron chi connectivity index (χ1n) is 13.6. The van der Waals surface area contributed by atoms with E-state index in [2.05, 4.69) is 0 Å². The molecule has 0 aromatic heterocycles. The third kappa shape index (κ3) is 4.08. The Morgan fingerprint density at radius 2 is 1.75 bits per heavy atom. The van der Waals surface area contributed by atoms with Gasteiger partial charge in [-0.3, -0.25) is 14.4 Å². The fraction of sp³-hybridized carbons (Fsp3) is 0.387. The summed E-state index contributed by atoms with van der Waals surface area (Å²) in [6.45, 7) is 1.79. The lowest BCUT2D eigenvalue weighted by Gasteiger charge is -2.40. The van der Waals surface area contributed by atoms with Crippen LogP contribution in [0, 0.1) is 11.8 Å². The number of fused-ring (bicyclic) bond motifs is 2. The van der Waals surface area contributed by atoms with E-state index in [4.69, 9.17) is 21.1 Å². The van der Waals surface area contributed by atoms with Crippen LogP contribution in [0.2, 0.25) is 5.02 Å². The van der Waals surface area contributed by atoms with Gasteiger partial charge in [0, 0.05) is 6.54 Å². The molecule has 1 N–H and O–H groups in total. The number of rotatable bonds is 5. The molecule has 4 heterocycles. The topological polar surface area (TPSA) is 96.4 Å². The Labute approximate surface area is 237 Å². The van der Waals surface area contributed by atoms with Gasteiger partial charge in [-0.15, -0.1) is 0 Å². The Hall–Kier alpha value is -3.46. The van der Waals surface area contributed by atoms with Crippen LogP contribution >= 0.6 is 11.6 Å². The number of anilines is 1. The molecule has 2 amide bonds. The second-order valence-corrected chi connectivity index (χ2v) is 11.3. The maximum absolute atomic E-state index is 14.6. The second-order valence-electron chi connectivity index (χ2n) is 10.9. The molecule has 0 radical (unpaired) electrons. The van der Waals surface area contributed by atoms with Crippen molar-refractivity contribution in [2.75, 3.05) is 24.7 Å². The van der Waals surface area contributed by atoms with E-state index in [1.807, 2.05) is 42.5 Å². The van der Waals surface area contributed by atoms with Gasteiger partial charge >= 0.3 is 5.97 Å². The summed E-state index contributed by atoms with van der Waals surface area (Å²) in [4.78, 5) is 45.6. The number of hydrogen-bond donors (Lipinski definition) is 1. The summed E-state index contributed by atoms with van der Waals surface area (Å²) in [5.41, 5.74) is -1.22. The van der Waals surface area contributed by atoms with Gasteiger partial charge in [0.2, 0.25) is 5.91 Å². The fourth-order valence-corrected chi connectivity index (χ4v) is 7.08. The number of amides is 2. The van der Waals surface area contributed by atoms with Crippen molar-refractivity contribution in [2.45, 2.75) is 43.1 Å². The smallest absolute Gasteiger partial charge is 0.313 e. The molecule has 0 bridgehead atoms. The van der Waals surface area contributed by atoms with Crippen LogP contribution in [0.1, 0.15) is 18.9 Å². The monoisotopic (exact) mass is 562 g/mol. The molecule has 8 nitrogen and oxygen atoms in total. The summed E-state index contributed by atoms with van der Waals surface area (Å²) < 4.78 is 12.3. The van der Waals surface area contributed by atoms with Crippen LogP contribution in [0.15, 0.2) is 78.9 Å². The average Bonchev–Trinajstić information content (AvgIpc) is 3.27. The lowest BCUT2D eigenvalue weighted by atomic mass is 9.74. The Balaban J connectivity index is 1.51. The summed E-state index contributed by atoms with van der Waals surface area (Å²) in [7, 11) is 0. The van der Waals surface area contributed by atoms with E-state index in [1.54, 1.807) is 43.3 Å². The first kappa shape index (κ1) is 26.7. The number of para-hydroxylation sites is 1. The molecule has 4 aliphatic heterocycles. The van der Waals surface area contributed by atoms with Gasteiger partial charge in [0.05, 0.1) is 41.5 Å². The normalized spacial score (nSPS) is 32.1. The Bertz CT molecular complexity index is 1400. The van der Waals surface area contributed by atoms with Crippen molar-refractivity contribution in [3.05, 3.63) is 89.5 Å². The summed E-state index contributed by atoms with van der Waals surface area (Å²) in [5.74, 6) is -3.33. The van der Waals surface area contributed by atoms with Gasteiger partial charge < -0.3 is 24.4 Å². The molecule has 6 atom stereocenters. The molecular formula is C31H31ClN2O6. The zero-order chi connectivity index (χ0) is 28.1. The number of benzene rings is 2. The van der Waals surface area contributed by atoms with E-state index in [0.717, 1.165) is 5.56 Å². The maximum Gasteiger partial charge on any atom is 0.313 e. The van der Waals surface area contributed by atoms with Crippen LogP contribution in [0.3, 0.4) is 0 Å². The van der Waals surface area contributed by atoms with Gasteiger partial charge in [0.1, 0.15) is 17.6 Å². The lowest BCUT2D eigenvalue weighted by molar-refractivity contribution is -0.160. The van der Waals surface area contributed by atoms with Gasteiger partial charge in [-0.2, -0.15) is 0 Å². The molecule has 2 saturated heterocycles. The number of carbonyl (C=O) groups is 3. The first-order chi connectivity index (χ1) is 19.3. The van der Waals surface area contributed by atoms with Crippen molar-refractivity contribution in [1.29, 1.82) is 0 Å². The molecule has 0 aliphatic carbocycles. The molecule has 1 unspecified atom stereocenters. The summed E-state index contributed by atoms with van der Waals surface area (Å²) in [6.07, 6.45) is 8.12. The number of cyclic esters (lactones) is 1. The number of hydrogen-bond acceptors (Lipinski definition) is 6. The molecule has 2 aromatic rings. The molecule has 40 heavy (non-hydrogen) atoms. The summed E-state index contributed by atoms with van der Waals surface area (Å²) >= 11 is 6.53. The molecule has 0 saturated carbocycles. The molecule has 6 rings (SSSR count). The van der Waals surface area contributed by atoms with Gasteiger partial charge in [-0.05, 0) is 37.5 Å². The van der Waals surface area contributed by atoms with Crippen molar-refractivity contribution < 1.29 is 29.0 Å². The minimum atomic E-state index is -1.46. The third-order valence-corrected chi connectivity index (χ3v) is 8.84. The van der Waals surface area contributed by atoms with Crippen molar-refractivity contribution in [1.82, 2.24) is 4.90 Å². The van der Waals surface area contributed by atoms with E-state index in [9.17, 15) is 19.5 Å². The number of aliphatic hydroxyl groups excluding tert-OH is 1. The highest BCUT2D eigenvalue weighted by molar-refractivity contribution is 6.34. The van der Waals surface area contributed by atoms with Crippen molar-refractivity contribution in [3.8, 4) is 0 Å². The van der Waals surface area contributed by atoms with Crippen LogP contribution in [0.4, 0.5) is 5.69 Å². The molecule has 2 fully saturated rings. The molecule has 208 valence electrons. The standard InChI is InChI=1S/C31H31ClN2O6/c1-30-14-7-8-17-39-29(38)25(30)24-27(36)34(21(19-35)18-20-10-3-2-4-11-20)26-28(37)33(16-9-15-31(24,26)40-30)23-13-6-5-12-22(23)32/h2-7,9-15,21,24-26,35H,8,16-19H2,1H3/t21-,24+,25+,26?,30-,31+/m1/s1. The number of halogens is 1. The fourth-order valence-electron chi connectivity index (χ4n) is 6.84. The van der Waals surface area contributed by atoms with E-state index in [1.165, 1.54) is 9.80 Å². The van der Waals surface area contributed by atoms with Crippen LogP contribution in [-0.4, -0.2) is 70.8 Å². The number of likely N-dealkylation sites (tertiary alicyclic amines) is 1. The van der Waals surface area contributed by atoms with E-state index in [0.29, 0.717) is 23.6 Å². The van der Waals surface area contributed by atoms with Gasteiger partial charge in [0.15, 0.2) is 0 Å². The quantitative estimate of drug-likeness (QED) is 0.444. The third-order valence-electron chi connectivity index (χ3n) is 8.52. The number of aliphatic hydroxyl groups is 1. The zero-order valence-electron chi connectivity index (χ0n) is 22.1. The summed E-state index contributed by atoms with van der Waals surface area (Å²) in [5, 5.41) is 11.0. The average molecular weight is 563 g/mol. The molecule has 4 aliphatic rings. The maximum atomic E-state index is 14.6. The van der Waals surface area contributed by atoms with Gasteiger partial charge in [0.25, 0.3) is 5.91 Å². The SMILES string of the molecule is C[C@@]12C=CCCOC(=O)[C@@H]1[C@H]1C(=O)N([C@@H](CO)Cc3ccccc3)C3C(=O)N(c4ccccc4Cl)CC=C[C@@]31O2. The van der Waals surface area contributed by atoms with Crippen molar-refractivity contribution in [3.63, 3.8) is 0 Å². The number of carbonyl (C=O) groups excluding carboxylic acids is 3. The molecule has 9 heteroatoms. The molecular weight excluding hydrogens is 532 g/mol. The van der Waals surface area contributed by atoms with E-state index in [-0.39, 0.29) is 19.8 Å². The highest BCUT2D eigenvalue weighted by Crippen LogP contribution is 2.57. The Kier molecular flexibility index (Phi) is 6.81. The highest BCUT2D eigenvalue weighted by atomic mass is 35.5. The second kappa shape index (κ2) is 10.2. The van der Waals surface area contributed by atoms with Crippen LogP contribution < -0.4 is 4.90 Å². The van der Waals surface area contributed by atoms with Crippen LogP contribution in [0.5, 0.6) is 0 Å². The predicted molar refractivity (Wildman–Crippen MR) is 149 cm³/mol. The zero-order valence-corrected chi connectivity index (χ0v) is 22.9. The largest absolute Gasteiger partial charge is 0.465 e. The van der Waals surface area contributed by atoms with Crippen molar-refractivity contribution in [2.24, 2.45) is 11.8 Å². The summed E-state index contributed by atoms with van der Waals surface area (Å²) in [6, 6.07) is 14.6. The van der Waals surface area contributed by atoms with E-state index >= 15 is 0 Å². The Morgan fingerprint density at radius 3 is 2.50 bits per heavy atom. The molecule has 2 aromatic carbocycles. The van der Waals surface area contributed by atoms with Crippen LogP contribution in [0.25, 0.3) is 0 Å². The first-order valence-corrected chi connectivity index (χ1v) is 13.9. The minimum absolute atomic E-state index is 0.197.